The summed E-state index contributed by atoms with van der Waals surface area (Å²) in [6, 6.07) is 1.16. The van der Waals surface area contributed by atoms with Crippen molar-refractivity contribution in [1.82, 2.24) is 10.1 Å². The lowest BCUT2D eigenvalue weighted by molar-refractivity contribution is 0.419. The molecule has 1 N–H and O–H groups in total. The number of rotatable bonds is 2. The van der Waals surface area contributed by atoms with Gasteiger partial charge in [-0.2, -0.15) is 4.98 Å². The monoisotopic (exact) mass is 179 g/mol. The SMILES string of the molecule is Cc1noc(NC2CC3CC3C2)n1. The van der Waals surface area contributed by atoms with Crippen molar-refractivity contribution >= 4 is 6.01 Å². The molecule has 0 saturated heterocycles. The first-order valence-corrected chi connectivity index (χ1v) is 4.88. The summed E-state index contributed by atoms with van der Waals surface area (Å²) >= 11 is 0. The fourth-order valence-electron chi connectivity index (χ4n) is 2.36. The van der Waals surface area contributed by atoms with Crippen LogP contribution in [-0.2, 0) is 0 Å². The number of anilines is 1. The van der Waals surface area contributed by atoms with Crippen molar-refractivity contribution in [3.63, 3.8) is 0 Å². The van der Waals surface area contributed by atoms with Crippen molar-refractivity contribution in [3.8, 4) is 0 Å². The van der Waals surface area contributed by atoms with Crippen LogP contribution in [0.15, 0.2) is 4.52 Å². The third-order valence-electron chi connectivity index (χ3n) is 3.10. The van der Waals surface area contributed by atoms with E-state index in [2.05, 4.69) is 15.5 Å². The second-order valence-corrected chi connectivity index (χ2v) is 4.22. The molecular formula is C9H13N3O. The van der Waals surface area contributed by atoms with Crippen molar-refractivity contribution < 1.29 is 4.52 Å². The van der Waals surface area contributed by atoms with E-state index < -0.39 is 0 Å². The van der Waals surface area contributed by atoms with Crippen LogP contribution in [0.25, 0.3) is 0 Å². The standard InChI is InChI=1S/C9H13N3O/c1-5-10-9(13-12-5)11-8-3-6-2-7(6)4-8/h6-8H,2-4H2,1H3,(H,10,11,12). The lowest BCUT2D eigenvalue weighted by Crippen LogP contribution is -2.17. The van der Waals surface area contributed by atoms with Crippen molar-refractivity contribution in [3.05, 3.63) is 5.82 Å². The molecule has 0 radical (unpaired) electrons. The van der Waals surface area contributed by atoms with Crippen LogP contribution in [-0.4, -0.2) is 16.2 Å². The Morgan fingerprint density at radius 1 is 1.31 bits per heavy atom. The average Bonchev–Trinajstić information content (AvgIpc) is 2.55. The van der Waals surface area contributed by atoms with Gasteiger partial charge >= 0.3 is 6.01 Å². The van der Waals surface area contributed by atoms with Crippen LogP contribution in [0.3, 0.4) is 0 Å². The summed E-state index contributed by atoms with van der Waals surface area (Å²) in [5.41, 5.74) is 0. The molecule has 4 nitrogen and oxygen atoms in total. The van der Waals surface area contributed by atoms with Crippen molar-refractivity contribution in [2.75, 3.05) is 5.32 Å². The normalized spacial score (nSPS) is 35.9. The molecule has 2 fully saturated rings. The Morgan fingerprint density at radius 3 is 2.69 bits per heavy atom. The summed E-state index contributed by atoms with van der Waals surface area (Å²) in [5.74, 6) is 2.67. The first-order chi connectivity index (χ1) is 6.31. The summed E-state index contributed by atoms with van der Waals surface area (Å²) in [4.78, 5) is 4.13. The average molecular weight is 179 g/mol. The van der Waals surface area contributed by atoms with Gasteiger partial charge in [0.25, 0.3) is 0 Å². The van der Waals surface area contributed by atoms with Crippen molar-refractivity contribution in [2.45, 2.75) is 32.2 Å². The van der Waals surface area contributed by atoms with E-state index in [1.807, 2.05) is 6.92 Å². The Morgan fingerprint density at radius 2 is 2.08 bits per heavy atom. The number of nitrogens with zero attached hydrogens (tertiary/aromatic N) is 2. The maximum atomic E-state index is 5.00. The quantitative estimate of drug-likeness (QED) is 0.749. The summed E-state index contributed by atoms with van der Waals surface area (Å²) in [6.45, 7) is 1.83. The second-order valence-electron chi connectivity index (χ2n) is 4.22. The maximum absolute atomic E-state index is 5.00. The van der Waals surface area contributed by atoms with Gasteiger partial charge in [-0.05, 0) is 38.0 Å². The smallest absolute Gasteiger partial charge is 0.321 e. The third kappa shape index (κ3) is 1.30. The predicted molar refractivity (Wildman–Crippen MR) is 47.3 cm³/mol. The molecule has 0 aromatic carbocycles. The highest BCUT2D eigenvalue weighted by molar-refractivity contribution is 5.22. The number of hydrogen-bond acceptors (Lipinski definition) is 4. The van der Waals surface area contributed by atoms with Crippen LogP contribution in [0, 0.1) is 18.8 Å². The van der Waals surface area contributed by atoms with E-state index in [-0.39, 0.29) is 0 Å². The zero-order valence-corrected chi connectivity index (χ0v) is 7.66. The molecule has 0 amide bonds. The molecule has 70 valence electrons. The van der Waals surface area contributed by atoms with E-state index in [1.165, 1.54) is 19.3 Å². The van der Waals surface area contributed by atoms with E-state index in [4.69, 9.17) is 4.52 Å². The molecule has 2 aliphatic rings. The molecule has 2 unspecified atom stereocenters. The molecule has 0 bridgehead atoms. The third-order valence-corrected chi connectivity index (χ3v) is 3.10. The Bertz CT molecular complexity index is 312. The summed E-state index contributed by atoms with van der Waals surface area (Å²) in [6.07, 6.45) is 4.01. The van der Waals surface area contributed by atoms with Crippen LogP contribution in [0.5, 0.6) is 0 Å². The molecule has 2 atom stereocenters. The van der Waals surface area contributed by atoms with Gasteiger partial charge < -0.3 is 9.84 Å². The van der Waals surface area contributed by atoms with Gasteiger partial charge in [-0.1, -0.05) is 5.16 Å². The number of aryl methyl sites for hydroxylation is 1. The topological polar surface area (TPSA) is 51.0 Å². The number of hydrogen-bond donors (Lipinski definition) is 1. The Balaban J connectivity index is 1.63. The highest BCUT2D eigenvalue weighted by Gasteiger charge is 2.46. The summed E-state index contributed by atoms with van der Waals surface area (Å²) < 4.78 is 5.00. The predicted octanol–water partition coefficient (Wildman–Crippen LogP) is 1.59. The Hall–Kier alpha value is -1.06. The van der Waals surface area contributed by atoms with Gasteiger partial charge in [0.1, 0.15) is 0 Å². The van der Waals surface area contributed by atoms with Crippen LogP contribution < -0.4 is 5.32 Å². The minimum atomic E-state index is 0.573. The molecule has 0 aliphatic heterocycles. The van der Waals surface area contributed by atoms with Crippen LogP contribution in [0.4, 0.5) is 6.01 Å². The van der Waals surface area contributed by atoms with Gasteiger partial charge in [0, 0.05) is 6.04 Å². The number of fused-ring (bicyclic) bond motifs is 1. The number of nitrogens with one attached hydrogen (secondary N) is 1. The van der Waals surface area contributed by atoms with E-state index in [1.54, 1.807) is 0 Å². The highest BCUT2D eigenvalue weighted by Crippen LogP contribution is 2.52. The molecule has 1 heterocycles. The van der Waals surface area contributed by atoms with Gasteiger partial charge in [0.15, 0.2) is 5.82 Å². The van der Waals surface area contributed by atoms with Crippen molar-refractivity contribution in [1.29, 1.82) is 0 Å². The zero-order chi connectivity index (χ0) is 8.84. The van der Waals surface area contributed by atoms with Crippen LogP contribution in [0.1, 0.15) is 25.1 Å². The molecule has 2 saturated carbocycles. The van der Waals surface area contributed by atoms with E-state index in [9.17, 15) is 0 Å². The first kappa shape index (κ1) is 7.35. The largest absolute Gasteiger partial charge is 0.335 e. The van der Waals surface area contributed by atoms with E-state index in [0.29, 0.717) is 17.9 Å². The lowest BCUT2D eigenvalue weighted by atomic mass is 10.2. The minimum absolute atomic E-state index is 0.573. The molecule has 4 heteroatoms. The van der Waals surface area contributed by atoms with Crippen LogP contribution >= 0.6 is 0 Å². The molecule has 1 aromatic rings. The molecule has 2 aliphatic carbocycles. The fraction of sp³-hybridized carbons (Fsp3) is 0.778. The maximum Gasteiger partial charge on any atom is 0.321 e. The Kier molecular flexibility index (Phi) is 1.39. The summed E-state index contributed by atoms with van der Waals surface area (Å²) in [5, 5.41) is 7.02. The zero-order valence-electron chi connectivity index (χ0n) is 7.66. The van der Waals surface area contributed by atoms with E-state index in [0.717, 1.165) is 11.8 Å². The van der Waals surface area contributed by atoms with Gasteiger partial charge in [-0.3, -0.25) is 0 Å². The highest BCUT2D eigenvalue weighted by atomic mass is 16.5. The van der Waals surface area contributed by atoms with E-state index >= 15 is 0 Å². The summed E-state index contributed by atoms with van der Waals surface area (Å²) in [7, 11) is 0. The molecule has 13 heavy (non-hydrogen) atoms. The van der Waals surface area contributed by atoms with Gasteiger partial charge in [-0.25, -0.2) is 0 Å². The molecular weight excluding hydrogens is 166 g/mol. The fourth-order valence-corrected chi connectivity index (χ4v) is 2.36. The minimum Gasteiger partial charge on any atom is -0.335 e. The van der Waals surface area contributed by atoms with Gasteiger partial charge in [-0.15, -0.1) is 0 Å². The van der Waals surface area contributed by atoms with Crippen molar-refractivity contribution in [2.24, 2.45) is 11.8 Å². The molecule has 1 aromatic heterocycles. The van der Waals surface area contributed by atoms with Gasteiger partial charge in [0.05, 0.1) is 0 Å². The van der Waals surface area contributed by atoms with Crippen LogP contribution in [0.2, 0.25) is 0 Å². The molecule has 3 rings (SSSR count). The lowest BCUT2D eigenvalue weighted by Gasteiger charge is -2.10. The second kappa shape index (κ2) is 2.47. The number of aromatic nitrogens is 2. The molecule has 0 spiro atoms. The first-order valence-electron chi connectivity index (χ1n) is 4.88. The van der Waals surface area contributed by atoms with Gasteiger partial charge in [0.2, 0.25) is 0 Å². The Labute approximate surface area is 76.7 Å².